The van der Waals surface area contributed by atoms with Crippen molar-refractivity contribution in [1.82, 2.24) is 0 Å². The van der Waals surface area contributed by atoms with Gasteiger partial charge < -0.3 is 14.4 Å². The Morgan fingerprint density at radius 3 is 2.19 bits per heavy atom. The summed E-state index contributed by atoms with van der Waals surface area (Å²) in [6.45, 7) is 0. The fraction of sp³-hybridized carbons (Fsp3) is 0.171. The molecule has 0 amide bonds. The van der Waals surface area contributed by atoms with Gasteiger partial charge in [0.25, 0.3) is 0 Å². The highest BCUT2D eigenvalue weighted by molar-refractivity contribution is 6.32. The molecule has 7 rings (SSSR count). The van der Waals surface area contributed by atoms with Crippen LogP contribution in [0, 0.1) is 11.2 Å². The number of carbonyl (C=O) groups is 3. The molecule has 6 nitrogen and oxygen atoms in total. The van der Waals surface area contributed by atoms with E-state index in [-0.39, 0.29) is 17.3 Å². The number of ether oxygens (including phenoxy) is 2. The number of methoxy groups -OCH3 is 2. The highest BCUT2D eigenvalue weighted by Crippen LogP contribution is 2.62. The van der Waals surface area contributed by atoms with Gasteiger partial charge in [0, 0.05) is 45.5 Å². The third kappa shape index (κ3) is 3.40. The molecular formula is C35H26FNO5. The van der Waals surface area contributed by atoms with E-state index in [4.69, 9.17) is 9.47 Å². The van der Waals surface area contributed by atoms with Crippen molar-refractivity contribution in [2.75, 3.05) is 19.1 Å². The van der Waals surface area contributed by atoms with Gasteiger partial charge in [0.1, 0.15) is 28.8 Å². The maximum Gasteiger partial charge on any atom is 0.185 e. The number of benzene rings is 4. The van der Waals surface area contributed by atoms with E-state index in [1.807, 2.05) is 11.0 Å². The lowest BCUT2D eigenvalue weighted by molar-refractivity contribution is 0.0665. The summed E-state index contributed by atoms with van der Waals surface area (Å²) in [5.41, 5.74) is 1.06. The molecule has 0 bridgehead atoms. The zero-order valence-corrected chi connectivity index (χ0v) is 22.9. The predicted molar refractivity (Wildman–Crippen MR) is 156 cm³/mol. The first kappa shape index (κ1) is 25.9. The van der Waals surface area contributed by atoms with Crippen molar-refractivity contribution in [3.8, 4) is 11.5 Å². The molecule has 4 aromatic rings. The molecular weight excluding hydrogens is 533 g/mol. The van der Waals surface area contributed by atoms with Crippen LogP contribution in [0.4, 0.5) is 10.1 Å². The van der Waals surface area contributed by atoms with Crippen LogP contribution < -0.4 is 14.4 Å². The van der Waals surface area contributed by atoms with Crippen LogP contribution in [0.5, 0.6) is 11.5 Å². The van der Waals surface area contributed by atoms with E-state index >= 15 is 0 Å². The largest absolute Gasteiger partial charge is 0.497 e. The van der Waals surface area contributed by atoms with Crippen molar-refractivity contribution >= 4 is 29.1 Å². The number of anilines is 1. The van der Waals surface area contributed by atoms with E-state index in [0.717, 1.165) is 0 Å². The molecule has 2 aliphatic heterocycles. The van der Waals surface area contributed by atoms with Crippen LogP contribution in [0.15, 0.2) is 97.1 Å². The molecule has 1 saturated heterocycles. The summed E-state index contributed by atoms with van der Waals surface area (Å²) >= 11 is 0. The summed E-state index contributed by atoms with van der Waals surface area (Å²) in [5, 5.41) is 0. The SMILES string of the molecule is COc1ccc(C2C(C(=O)c3ccccc3)N3c4ccc(F)cc4C=CC3C23C(=O)c2ccccc2C3=O)c(OC)c1. The van der Waals surface area contributed by atoms with Gasteiger partial charge in [-0.1, -0.05) is 72.8 Å². The number of rotatable bonds is 5. The Balaban J connectivity index is 1.57. The molecule has 208 valence electrons. The lowest BCUT2D eigenvalue weighted by Crippen LogP contribution is -2.48. The predicted octanol–water partition coefficient (Wildman–Crippen LogP) is 6.16. The Hall–Kier alpha value is -5.04. The number of Topliss-reactive ketones (excluding diaryl/α,β-unsaturated/α-hetero) is 3. The van der Waals surface area contributed by atoms with Gasteiger partial charge in [-0.3, -0.25) is 14.4 Å². The van der Waals surface area contributed by atoms with Crippen LogP contribution in [0.3, 0.4) is 0 Å². The second kappa shape index (κ2) is 9.52. The van der Waals surface area contributed by atoms with Gasteiger partial charge in [-0.25, -0.2) is 4.39 Å². The van der Waals surface area contributed by atoms with E-state index in [9.17, 15) is 18.8 Å². The Labute approximate surface area is 242 Å². The standard InChI is InChI=1S/C35H26FNO5/c1-41-23-14-15-26(28(19-23)42-2)30-31(32(38)20-8-4-3-5-9-20)37-27-16-13-22(36)18-21(27)12-17-29(37)35(30)33(39)24-10-6-7-11-25(24)34(35)40/h3-19,29-31H,1-2H3. The Bertz CT molecular complexity index is 1780. The number of carbonyl (C=O) groups excluding carboxylic acids is 3. The molecule has 3 unspecified atom stereocenters. The van der Waals surface area contributed by atoms with Crippen molar-refractivity contribution in [2.24, 2.45) is 5.41 Å². The van der Waals surface area contributed by atoms with Crippen LogP contribution in [-0.2, 0) is 0 Å². The first-order valence-electron chi connectivity index (χ1n) is 13.7. The van der Waals surface area contributed by atoms with E-state index in [0.29, 0.717) is 45.0 Å². The first-order valence-corrected chi connectivity index (χ1v) is 13.7. The van der Waals surface area contributed by atoms with Crippen molar-refractivity contribution in [2.45, 2.75) is 18.0 Å². The van der Waals surface area contributed by atoms with Crippen LogP contribution in [0.2, 0.25) is 0 Å². The molecule has 42 heavy (non-hydrogen) atoms. The van der Waals surface area contributed by atoms with E-state index < -0.39 is 29.2 Å². The van der Waals surface area contributed by atoms with Gasteiger partial charge in [-0.05, 0) is 24.3 Å². The lowest BCUT2D eigenvalue weighted by atomic mass is 9.64. The van der Waals surface area contributed by atoms with Crippen LogP contribution in [0.1, 0.15) is 48.1 Å². The maximum absolute atomic E-state index is 14.7. The van der Waals surface area contributed by atoms with E-state index in [1.165, 1.54) is 26.4 Å². The van der Waals surface area contributed by atoms with Gasteiger partial charge in [-0.15, -0.1) is 0 Å². The van der Waals surface area contributed by atoms with Crippen molar-refractivity contribution in [3.63, 3.8) is 0 Å². The number of nitrogens with zero attached hydrogens (tertiary/aromatic N) is 1. The molecule has 0 aromatic heterocycles. The number of hydrogen-bond acceptors (Lipinski definition) is 6. The molecule has 4 aromatic carbocycles. The summed E-state index contributed by atoms with van der Waals surface area (Å²) in [4.78, 5) is 46.0. The maximum atomic E-state index is 14.7. The Morgan fingerprint density at radius 1 is 0.833 bits per heavy atom. The normalized spacial score (nSPS) is 21.2. The average Bonchev–Trinajstić information content (AvgIpc) is 3.46. The highest BCUT2D eigenvalue weighted by atomic mass is 19.1. The van der Waals surface area contributed by atoms with Gasteiger partial charge in [0.05, 0.1) is 20.3 Å². The first-order chi connectivity index (χ1) is 20.4. The molecule has 3 aliphatic rings. The number of ketones is 3. The number of hydrogen-bond donors (Lipinski definition) is 0. The third-order valence-electron chi connectivity index (χ3n) is 8.87. The summed E-state index contributed by atoms with van der Waals surface area (Å²) in [6, 6.07) is 23.4. The fourth-order valence-corrected chi connectivity index (χ4v) is 7.14. The van der Waals surface area contributed by atoms with Crippen LogP contribution in [0.25, 0.3) is 6.08 Å². The quantitative estimate of drug-likeness (QED) is 0.216. The molecule has 1 spiro atoms. The van der Waals surface area contributed by atoms with Gasteiger partial charge in [0.15, 0.2) is 17.3 Å². The smallest absolute Gasteiger partial charge is 0.185 e. The molecule has 2 heterocycles. The fourth-order valence-electron chi connectivity index (χ4n) is 7.14. The van der Waals surface area contributed by atoms with Gasteiger partial charge >= 0.3 is 0 Å². The monoisotopic (exact) mass is 559 g/mol. The minimum absolute atomic E-state index is 0.262. The number of halogens is 1. The molecule has 7 heteroatoms. The Kier molecular flexibility index (Phi) is 5.87. The zero-order chi connectivity index (χ0) is 29.2. The lowest BCUT2D eigenvalue weighted by Gasteiger charge is -2.37. The second-order valence-corrected chi connectivity index (χ2v) is 10.7. The molecule has 0 radical (unpaired) electrons. The van der Waals surface area contributed by atoms with Crippen LogP contribution >= 0.6 is 0 Å². The van der Waals surface area contributed by atoms with Crippen molar-refractivity contribution < 1.29 is 28.2 Å². The topological polar surface area (TPSA) is 72.9 Å². The molecule has 0 N–H and O–H groups in total. The van der Waals surface area contributed by atoms with E-state index in [2.05, 4.69) is 0 Å². The second-order valence-electron chi connectivity index (χ2n) is 10.7. The highest BCUT2D eigenvalue weighted by Gasteiger charge is 2.72. The summed E-state index contributed by atoms with van der Waals surface area (Å²) in [5.74, 6) is -1.42. The van der Waals surface area contributed by atoms with Gasteiger partial charge in [-0.2, -0.15) is 0 Å². The minimum atomic E-state index is -1.69. The third-order valence-corrected chi connectivity index (χ3v) is 8.87. The molecule has 1 aliphatic carbocycles. The summed E-state index contributed by atoms with van der Waals surface area (Å²) in [7, 11) is 3.04. The summed E-state index contributed by atoms with van der Waals surface area (Å²) < 4.78 is 25.7. The van der Waals surface area contributed by atoms with Crippen LogP contribution in [-0.4, -0.2) is 43.7 Å². The molecule has 3 atom stereocenters. The van der Waals surface area contributed by atoms with Crippen molar-refractivity contribution in [1.29, 1.82) is 0 Å². The Morgan fingerprint density at radius 2 is 1.52 bits per heavy atom. The van der Waals surface area contributed by atoms with Gasteiger partial charge in [0.2, 0.25) is 0 Å². The zero-order valence-electron chi connectivity index (χ0n) is 22.9. The van der Waals surface area contributed by atoms with E-state index in [1.54, 1.807) is 84.9 Å². The molecule has 1 fully saturated rings. The molecule has 0 saturated carbocycles. The average molecular weight is 560 g/mol. The summed E-state index contributed by atoms with van der Waals surface area (Å²) in [6.07, 6.45) is 3.51. The minimum Gasteiger partial charge on any atom is -0.497 e. The van der Waals surface area contributed by atoms with Crippen molar-refractivity contribution in [3.05, 3.63) is 131 Å². The number of fused-ring (bicyclic) bond motifs is 5.